The fraction of sp³-hybridized carbons (Fsp3) is 0.0500. The van der Waals surface area contributed by atoms with Gasteiger partial charge in [0, 0.05) is 16.5 Å². The lowest BCUT2D eigenvalue weighted by atomic mass is 10.2. The first-order chi connectivity index (χ1) is 13.3. The number of nitrogens with one attached hydrogen (secondary N) is 1. The lowest BCUT2D eigenvalue weighted by Gasteiger charge is -2.13. The summed E-state index contributed by atoms with van der Waals surface area (Å²) in [6, 6.07) is 17.6. The Morgan fingerprint density at radius 3 is 2.70 bits per heavy atom. The fourth-order valence-electron chi connectivity index (χ4n) is 2.70. The third-order valence-electron chi connectivity index (χ3n) is 4.01. The molecule has 2 aromatic heterocycles. The van der Waals surface area contributed by atoms with Gasteiger partial charge in [-0.3, -0.25) is 4.98 Å². The molecule has 0 bridgehead atoms. The van der Waals surface area contributed by atoms with E-state index in [4.69, 9.17) is 10.5 Å². The molecule has 7 heteroatoms. The molecule has 6 nitrogen and oxygen atoms in total. The van der Waals surface area contributed by atoms with Crippen LogP contribution in [0.15, 0.2) is 77.0 Å². The molecule has 3 N–H and O–H groups in total. The van der Waals surface area contributed by atoms with E-state index in [9.17, 15) is 0 Å². The van der Waals surface area contributed by atoms with E-state index in [2.05, 4.69) is 20.3 Å². The zero-order valence-electron chi connectivity index (χ0n) is 14.6. The third-order valence-corrected chi connectivity index (χ3v) is 5.08. The summed E-state index contributed by atoms with van der Waals surface area (Å²) in [5, 5.41) is 4.96. The summed E-state index contributed by atoms with van der Waals surface area (Å²) in [7, 11) is 1.62. The first-order valence-electron chi connectivity index (χ1n) is 8.28. The largest absolute Gasteiger partial charge is 0.495 e. The molecule has 4 aromatic rings. The van der Waals surface area contributed by atoms with Gasteiger partial charge in [0.1, 0.15) is 22.8 Å². The summed E-state index contributed by atoms with van der Waals surface area (Å²) in [6.07, 6.45) is 3.28. The second-order valence-electron chi connectivity index (χ2n) is 5.70. The molecule has 0 aliphatic rings. The number of benzene rings is 2. The molecule has 0 saturated carbocycles. The lowest BCUT2D eigenvalue weighted by Crippen LogP contribution is -2.03. The van der Waals surface area contributed by atoms with Crippen molar-refractivity contribution < 1.29 is 4.74 Å². The Labute approximate surface area is 160 Å². The van der Waals surface area contributed by atoms with Crippen molar-refractivity contribution >= 4 is 39.9 Å². The number of nitrogens with zero attached hydrogens (tertiary/aromatic N) is 3. The van der Waals surface area contributed by atoms with Gasteiger partial charge in [-0.25, -0.2) is 9.97 Å². The predicted octanol–water partition coefficient (Wildman–Crippen LogP) is 4.51. The predicted molar refractivity (Wildman–Crippen MR) is 109 cm³/mol. The summed E-state index contributed by atoms with van der Waals surface area (Å²) in [5.41, 5.74) is 8.52. The number of fused-ring (bicyclic) bond motifs is 1. The number of aromatic nitrogens is 3. The van der Waals surface area contributed by atoms with E-state index in [-0.39, 0.29) is 0 Å². The molecule has 0 aliphatic heterocycles. The number of para-hydroxylation sites is 3. The van der Waals surface area contributed by atoms with Crippen molar-refractivity contribution in [2.75, 3.05) is 18.2 Å². The highest BCUT2D eigenvalue weighted by molar-refractivity contribution is 7.99. The molecule has 0 aliphatic carbocycles. The van der Waals surface area contributed by atoms with Crippen LogP contribution in [0.1, 0.15) is 0 Å². The van der Waals surface area contributed by atoms with Gasteiger partial charge in [0.25, 0.3) is 0 Å². The molecule has 27 heavy (non-hydrogen) atoms. The van der Waals surface area contributed by atoms with Crippen molar-refractivity contribution in [2.45, 2.75) is 9.92 Å². The summed E-state index contributed by atoms with van der Waals surface area (Å²) < 4.78 is 5.37. The minimum Gasteiger partial charge on any atom is -0.495 e. The maximum atomic E-state index is 6.35. The van der Waals surface area contributed by atoms with Crippen LogP contribution >= 0.6 is 11.8 Å². The molecule has 0 amide bonds. The van der Waals surface area contributed by atoms with Crippen LogP contribution in [0, 0.1) is 0 Å². The molecule has 0 unspecified atom stereocenters. The van der Waals surface area contributed by atoms with E-state index in [1.807, 2.05) is 54.6 Å². The molecule has 4 rings (SSSR count). The molecule has 0 fully saturated rings. The second kappa shape index (κ2) is 7.51. The highest BCUT2D eigenvalue weighted by atomic mass is 32.2. The summed E-state index contributed by atoms with van der Waals surface area (Å²) in [6.45, 7) is 0. The Kier molecular flexibility index (Phi) is 4.76. The molecule has 0 radical (unpaired) electrons. The highest BCUT2D eigenvalue weighted by Gasteiger charge is 2.13. The average Bonchev–Trinajstić information content (AvgIpc) is 2.71. The van der Waals surface area contributed by atoms with E-state index >= 15 is 0 Å². The van der Waals surface area contributed by atoms with Crippen LogP contribution in [0.4, 0.5) is 17.2 Å². The Morgan fingerprint density at radius 1 is 0.963 bits per heavy atom. The van der Waals surface area contributed by atoms with Crippen LogP contribution in [-0.2, 0) is 0 Å². The van der Waals surface area contributed by atoms with E-state index in [0.29, 0.717) is 22.3 Å². The smallest absolute Gasteiger partial charge is 0.158 e. The van der Waals surface area contributed by atoms with E-state index in [0.717, 1.165) is 21.5 Å². The van der Waals surface area contributed by atoms with Crippen LogP contribution in [0.3, 0.4) is 0 Å². The van der Waals surface area contributed by atoms with E-state index in [1.54, 1.807) is 13.3 Å². The second-order valence-corrected chi connectivity index (χ2v) is 6.73. The molecular formula is C20H17N5OS. The molecule has 134 valence electrons. The van der Waals surface area contributed by atoms with Crippen molar-refractivity contribution in [1.29, 1.82) is 0 Å². The number of anilines is 3. The Balaban J connectivity index is 1.68. The number of hydrogen-bond donors (Lipinski definition) is 2. The van der Waals surface area contributed by atoms with Crippen LogP contribution < -0.4 is 15.8 Å². The van der Waals surface area contributed by atoms with E-state index in [1.165, 1.54) is 18.1 Å². The zero-order chi connectivity index (χ0) is 18.6. The summed E-state index contributed by atoms with van der Waals surface area (Å²) in [4.78, 5) is 14.1. The van der Waals surface area contributed by atoms with Crippen LogP contribution in [-0.4, -0.2) is 22.1 Å². The van der Waals surface area contributed by atoms with Crippen molar-refractivity contribution in [3.8, 4) is 5.75 Å². The number of pyridine rings is 1. The van der Waals surface area contributed by atoms with Crippen molar-refractivity contribution in [3.05, 3.63) is 67.1 Å². The van der Waals surface area contributed by atoms with Gasteiger partial charge in [0.15, 0.2) is 5.82 Å². The van der Waals surface area contributed by atoms with Gasteiger partial charge in [-0.2, -0.15) is 0 Å². The van der Waals surface area contributed by atoms with Gasteiger partial charge < -0.3 is 15.8 Å². The minimum absolute atomic E-state index is 0.473. The van der Waals surface area contributed by atoms with Gasteiger partial charge in [-0.05, 0) is 24.3 Å². The topological polar surface area (TPSA) is 86.0 Å². The van der Waals surface area contributed by atoms with Gasteiger partial charge in [-0.1, -0.05) is 42.1 Å². The van der Waals surface area contributed by atoms with Gasteiger partial charge in [0.2, 0.25) is 0 Å². The SMILES string of the molecule is COc1ccccc1Nc1ncnc(Sc2cccc3cccnc23)c1N. The van der Waals surface area contributed by atoms with Crippen LogP contribution in [0.5, 0.6) is 5.75 Å². The van der Waals surface area contributed by atoms with Gasteiger partial charge in [-0.15, -0.1) is 0 Å². The Morgan fingerprint density at radius 2 is 1.81 bits per heavy atom. The fourth-order valence-corrected chi connectivity index (χ4v) is 3.63. The highest BCUT2D eigenvalue weighted by Crippen LogP contribution is 2.37. The molecule has 2 heterocycles. The standard InChI is InChI=1S/C20H17N5OS/c1-26-15-9-3-2-8-14(15)25-19-17(21)20(24-12-23-19)27-16-10-4-6-13-7-5-11-22-18(13)16/h2-12H,21H2,1H3,(H,23,24,25). The first kappa shape index (κ1) is 17.1. The summed E-state index contributed by atoms with van der Waals surface area (Å²) in [5.74, 6) is 1.24. The lowest BCUT2D eigenvalue weighted by molar-refractivity contribution is 0.417. The quantitative estimate of drug-likeness (QED) is 0.496. The monoisotopic (exact) mass is 375 g/mol. The minimum atomic E-state index is 0.473. The number of methoxy groups -OCH3 is 1. The average molecular weight is 375 g/mol. The van der Waals surface area contributed by atoms with Crippen LogP contribution in [0.2, 0.25) is 0 Å². The zero-order valence-corrected chi connectivity index (χ0v) is 15.4. The third kappa shape index (κ3) is 3.50. The first-order valence-corrected chi connectivity index (χ1v) is 9.10. The van der Waals surface area contributed by atoms with Crippen molar-refractivity contribution in [2.24, 2.45) is 0 Å². The number of hydrogen-bond acceptors (Lipinski definition) is 7. The molecule has 2 aromatic carbocycles. The van der Waals surface area contributed by atoms with Crippen molar-refractivity contribution in [3.63, 3.8) is 0 Å². The maximum Gasteiger partial charge on any atom is 0.158 e. The molecule has 0 saturated heterocycles. The number of ether oxygens (including phenoxy) is 1. The van der Waals surface area contributed by atoms with Crippen LogP contribution in [0.25, 0.3) is 10.9 Å². The number of nitrogen functional groups attached to an aromatic ring is 1. The molecular weight excluding hydrogens is 358 g/mol. The normalized spacial score (nSPS) is 10.7. The van der Waals surface area contributed by atoms with E-state index < -0.39 is 0 Å². The Hall–Kier alpha value is -3.32. The number of nitrogens with two attached hydrogens (primary N) is 1. The summed E-state index contributed by atoms with van der Waals surface area (Å²) >= 11 is 1.47. The maximum absolute atomic E-state index is 6.35. The van der Waals surface area contributed by atoms with Gasteiger partial charge in [0.05, 0.1) is 18.3 Å². The Bertz CT molecular complexity index is 1100. The van der Waals surface area contributed by atoms with Gasteiger partial charge >= 0.3 is 0 Å². The molecule has 0 atom stereocenters. The number of rotatable bonds is 5. The van der Waals surface area contributed by atoms with Crippen molar-refractivity contribution in [1.82, 2.24) is 15.0 Å². The molecule has 0 spiro atoms.